The third kappa shape index (κ3) is 3.55. The minimum atomic E-state index is -0.133. The molecule has 1 amide bonds. The molecule has 19 heavy (non-hydrogen) atoms. The predicted octanol–water partition coefficient (Wildman–Crippen LogP) is 1.88. The van der Waals surface area contributed by atoms with Crippen LogP contribution in [0, 0.1) is 0 Å². The fourth-order valence-electron chi connectivity index (χ4n) is 1.71. The van der Waals surface area contributed by atoms with Crippen LogP contribution in [-0.4, -0.2) is 46.0 Å². The number of carbonyl (C=O) groups is 1. The van der Waals surface area contributed by atoms with E-state index < -0.39 is 0 Å². The number of thiophene rings is 1. The molecule has 1 heterocycles. The van der Waals surface area contributed by atoms with Crippen LogP contribution in [0.15, 0.2) is 4.90 Å². The average Bonchev–Trinajstić information content (AvgIpc) is 2.76. The fraction of sp³-hybridized carbons (Fsp3) is 0.583. The van der Waals surface area contributed by atoms with Crippen LogP contribution in [-0.2, 0) is 4.74 Å². The lowest BCUT2D eigenvalue weighted by atomic mass is 10.3. The van der Waals surface area contributed by atoms with Gasteiger partial charge >= 0.3 is 0 Å². The first-order valence-electron chi connectivity index (χ1n) is 6.02. The van der Waals surface area contributed by atoms with Gasteiger partial charge in [0.05, 0.1) is 17.2 Å². The van der Waals surface area contributed by atoms with Crippen LogP contribution in [0.4, 0.5) is 10.7 Å². The summed E-state index contributed by atoms with van der Waals surface area (Å²) in [6.07, 6.45) is 1.97. The molecule has 1 aromatic heterocycles. The van der Waals surface area contributed by atoms with Gasteiger partial charge in [0.15, 0.2) is 0 Å². The van der Waals surface area contributed by atoms with Crippen molar-refractivity contribution in [2.24, 2.45) is 0 Å². The Balaban J connectivity index is 3.14. The number of amides is 1. The molecule has 0 fully saturated rings. The quantitative estimate of drug-likeness (QED) is 0.753. The Morgan fingerprint density at radius 3 is 2.74 bits per heavy atom. The van der Waals surface area contributed by atoms with E-state index in [2.05, 4.69) is 17.1 Å². The van der Waals surface area contributed by atoms with Crippen molar-refractivity contribution in [3.8, 4) is 0 Å². The van der Waals surface area contributed by atoms with Gasteiger partial charge in [-0.2, -0.15) is 0 Å². The average molecular weight is 303 g/mol. The van der Waals surface area contributed by atoms with E-state index in [4.69, 9.17) is 10.5 Å². The van der Waals surface area contributed by atoms with Gasteiger partial charge in [-0.25, -0.2) is 0 Å². The van der Waals surface area contributed by atoms with Gasteiger partial charge in [0.1, 0.15) is 9.88 Å². The molecule has 1 aromatic rings. The van der Waals surface area contributed by atoms with Gasteiger partial charge in [0.25, 0.3) is 5.91 Å². The minimum Gasteiger partial charge on any atom is -0.396 e. The third-order valence-corrected chi connectivity index (χ3v) is 4.97. The largest absolute Gasteiger partial charge is 0.396 e. The number of rotatable bonds is 7. The molecule has 0 atom stereocenters. The normalized spacial score (nSPS) is 10.5. The zero-order valence-corrected chi connectivity index (χ0v) is 13.4. The molecule has 3 N–H and O–H groups in total. The summed E-state index contributed by atoms with van der Waals surface area (Å²) in [6, 6.07) is 0. The summed E-state index contributed by atoms with van der Waals surface area (Å²) >= 11 is 3.01. The number of methoxy groups -OCH3 is 1. The van der Waals surface area contributed by atoms with Crippen molar-refractivity contribution in [1.82, 2.24) is 5.32 Å². The first-order valence-corrected chi connectivity index (χ1v) is 8.06. The standard InChI is InChI=1S/C12H21N3O2S2/c1-5-15(6-7-17-3)12-10(18-4)8(13)9(19-12)11(16)14-2/h5-7,13H2,1-4H3,(H,14,16). The van der Waals surface area contributed by atoms with Crippen molar-refractivity contribution >= 4 is 39.7 Å². The van der Waals surface area contributed by atoms with Gasteiger partial charge in [0.2, 0.25) is 0 Å². The lowest BCUT2D eigenvalue weighted by molar-refractivity contribution is 0.0968. The van der Waals surface area contributed by atoms with Crippen LogP contribution in [0.2, 0.25) is 0 Å². The van der Waals surface area contributed by atoms with Crippen molar-refractivity contribution < 1.29 is 9.53 Å². The third-order valence-electron chi connectivity index (χ3n) is 2.75. The van der Waals surface area contributed by atoms with Crippen molar-refractivity contribution in [2.75, 3.05) is 50.7 Å². The number of carbonyl (C=O) groups excluding carboxylic acids is 1. The van der Waals surface area contributed by atoms with E-state index in [-0.39, 0.29) is 5.91 Å². The molecule has 0 aliphatic rings. The number of likely N-dealkylation sites (N-methyl/N-ethyl adjacent to an activating group) is 1. The van der Waals surface area contributed by atoms with E-state index in [1.807, 2.05) is 6.26 Å². The number of nitrogen functional groups attached to an aromatic ring is 1. The van der Waals surface area contributed by atoms with Crippen LogP contribution in [0.5, 0.6) is 0 Å². The summed E-state index contributed by atoms with van der Waals surface area (Å²) in [7, 11) is 3.30. The van der Waals surface area contributed by atoms with Gasteiger partial charge in [-0.3, -0.25) is 4.79 Å². The highest BCUT2D eigenvalue weighted by Gasteiger charge is 2.22. The molecule has 0 aromatic carbocycles. The Labute approximate surface area is 122 Å². The maximum absolute atomic E-state index is 11.8. The summed E-state index contributed by atoms with van der Waals surface area (Å²) in [5.74, 6) is -0.133. The second-order valence-corrected chi connectivity index (χ2v) is 5.65. The van der Waals surface area contributed by atoms with Gasteiger partial charge in [0, 0.05) is 27.2 Å². The molecule has 7 heteroatoms. The first-order chi connectivity index (χ1) is 9.10. The van der Waals surface area contributed by atoms with Crippen LogP contribution in [0.1, 0.15) is 16.6 Å². The second-order valence-electron chi connectivity index (χ2n) is 3.83. The zero-order valence-electron chi connectivity index (χ0n) is 11.8. The minimum absolute atomic E-state index is 0.133. The van der Waals surface area contributed by atoms with Crippen molar-refractivity contribution in [3.63, 3.8) is 0 Å². The highest BCUT2D eigenvalue weighted by atomic mass is 32.2. The van der Waals surface area contributed by atoms with Crippen LogP contribution < -0.4 is 16.0 Å². The molecule has 0 saturated heterocycles. The number of hydrogen-bond acceptors (Lipinski definition) is 6. The number of anilines is 2. The zero-order chi connectivity index (χ0) is 14.4. The highest BCUT2D eigenvalue weighted by molar-refractivity contribution is 7.99. The van der Waals surface area contributed by atoms with E-state index in [0.717, 1.165) is 23.0 Å². The highest BCUT2D eigenvalue weighted by Crippen LogP contribution is 2.43. The Kier molecular flexibility index (Phi) is 6.47. The molecule has 108 valence electrons. The number of thioether (sulfide) groups is 1. The molecule has 0 spiro atoms. The van der Waals surface area contributed by atoms with Crippen molar-refractivity contribution in [2.45, 2.75) is 11.8 Å². The van der Waals surface area contributed by atoms with Gasteiger partial charge < -0.3 is 20.7 Å². The van der Waals surface area contributed by atoms with Crippen LogP contribution in [0.3, 0.4) is 0 Å². The fourth-order valence-corrected chi connectivity index (χ4v) is 3.93. The lowest BCUT2D eigenvalue weighted by Crippen LogP contribution is -2.26. The molecule has 0 bridgehead atoms. The molecule has 0 saturated carbocycles. The lowest BCUT2D eigenvalue weighted by Gasteiger charge is -2.22. The van der Waals surface area contributed by atoms with E-state index in [1.165, 1.54) is 11.3 Å². The number of hydrogen-bond donors (Lipinski definition) is 2. The maximum atomic E-state index is 11.8. The van der Waals surface area contributed by atoms with Gasteiger partial charge in [-0.15, -0.1) is 23.1 Å². The molecular formula is C12H21N3O2S2. The summed E-state index contributed by atoms with van der Waals surface area (Å²) in [5.41, 5.74) is 6.66. The van der Waals surface area contributed by atoms with Gasteiger partial charge in [-0.1, -0.05) is 0 Å². The number of nitrogens with one attached hydrogen (secondary N) is 1. The SMILES string of the molecule is CCN(CCOC)c1sc(C(=O)NC)c(N)c1SC. The molecule has 0 aliphatic heterocycles. The summed E-state index contributed by atoms with van der Waals surface area (Å²) in [5, 5.41) is 3.67. The van der Waals surface area contributed by atoms with Crippen molar-refractivity contribution in [1.29, 1.82) is 0 Å². The molecular weight excluding hydrogens is 282 g/mol. The molecule has 0 aliphatic carbocycles. The Morgan fingerprint density at radius 2 is 2.26 bits per heavy atom. The van der Waals surface area contributed by atoms with Crippen molar-refractivity contribution in [3.05, 3.63) is 4.88 Å². The van der Waals surface area contributed by atoms with E-state index in [9.17, 15) is 4.79 Å². The molecule has 1 rings (SSSR count). The number of ether oxygens (including phenoxy) is 1. The predicted molar refractivity (Wildman–Crippen MR) is 83.7 cm³/mol. The Hall–Kier alpha value is -0.920. The van der Waals surface area contributed by atoms with Gasteiger partial charge in [-0.05, 0) is 13.2 Å². The summed E-state index contributed by atoms with van der Waals surface area (Å²) in [6.45, 7) is 4.36. The maximum Gasteiger partial charge on any atom is 0.263 e. The Morgan fingerprint density at radius 1 is 1.58 bits per heavy atom. The first kappa shape index (κ1) is 16.1. The molecule has 0 radical (unpaired) electrons. The molecule has 0 unspecified atom stereocenters. The molecule has 5 nitrogen and oxygen atoms in total. The van der Waals surface area contributed by atoms with E-state index in [1.54, 1.807) is 25.9 Å². The monoisotopic (exact) mass is 303 g/mol. The Bertz CT molecular complexity index is 435. The van der Waals surface area contributed by atoms with E-state index in [0.29, 0.717) is 17.2 Å². The summed E-state index contributed by atoms with van der Waals surface area (Å²) < 4.78 is 5.12. The number of nitrogens with two attached hydrogens (primary N) is 1. The summed E-state index contributed by atoms with van der Waals surface area (Å²) in [4.78, 5) is 15.5. The van der Waals surface area contributed by atoms with Crippen LogP contribution >= 0.6 is 23.1 Å². The topological polar surface area (TPSA) is 67.6 Å². The smallest absolute Gasteiger partial charge is 0.263 e. The van der Waals surface area contributed by atoms with E-state index >= 15 is 0 Å². The number of nitrogens with zero attached hydrogens (tertiary/aromatic N) is 1. The second kappa shape index (κ2) is 7.62. The van der Waals surface area contributed by atoms with Crippen LogP contribution in [0.25, 0.3) is 0 Å².